The van der Waals surface area contributed by atoms with Gasteiger partial charge in [0.25, 0.3) is 0 Å². The van der Waals surface area contributed by atoms with E-state index in [1.54, 1.807) is 0 Å². The van der Waals surface area contributed by atoms with Crippen LogP contribution in [-0.2, 0) is 4.79 Å². The van der Waals surface area contributed by atoms with Gasteiger partial charge in [-0.15, -0.1) is 0 Å². The second-order valence-corrected chi connectivity index (χ2v) is 14.3. The first-order valence-corrected chi connectivity index (χ1v) is 20.7. The van der Waals surface area contributed by atoms with Crippen LogP contribution in [0.3, 0.4) is 0 Å². The molecule has 0 aromatic rings. The minimum atomic E-state index is -1.26. The third-order valence-corrected chi connectivity index (χ3v) is 9.67. The second-order valence-electron chi connectivity index (χ2n) is 14.3. The van der Waals surface area contributed by atoms with Crippen LogP contribution in [-0.4, -0.2) is 57.3 Å². The first-order valence-electron chi connectivity index (χ1n) is 20.7. The van der Waals surface area contributed by atoms with E-state index < -0.39 is 36.9 Å². The normalized spacial score (nSPS) is 14.5. The lowest BCUT2D eigenvalue weighted by Gasteiger charge is -2.27. The van der Waals surface area contributed by atoms with Crippen LogP contribution >= 0.6 is 0 Å². The van der Waals surface area contributed by atoms with Gasteiger partial charge < -0.3 is 25.7 Å². The minimum absolute atomic E-state index is 0.358. The average Bonchev–Trinajstić information content (AvgIpc) is 3.09. The van der Waals surface area contributed by atoms with E-state index in [0.29, 0.717) is 12.8 Å². The number of aliphatic hydroxyl groups is 4. The van der Waals surface area contributed by atoms with Gasteiger partial charge in [0.15, 0.2) is 0 Å². The first-order chi connectivity index (χ1) is 23.5. The highest BCUT2D eigenvalue weighted by Crippen LogP contribution is 2.16. The number of amides is 1. The lowest BCUT2D eigenvalue weighted by molar-refractivity contribution is -0.132. The number of hydrogen-bond acceptors (Lipinski definition) is 5. The van der Waals surface area contributed by atoms with Gasteiger partial charge in [-0.1, -0.05) is 186 Å². The fraction of sp³-hybridized carbons (Fsp3) is 0.881. The van der Waals surface area contributed by atoms with Gasteiger partial charge >= 0.3 is 0 Å². The Morgan fingerprint density at radius 3 is 1.35 bits per heavy atom. The van der Waals surface area contributed by atoms with Crippen molar-refractivity contribution >= 4 is 5.91 Å². The smallest absolute Gasteiger partial charge is 0.249 e. The predicted octanol–water partition coefficient (Wildman–Crippen LogP) is 10.4. The molecule has 0 saturated carbocycles. The molecule has 0 rings (SSSR count). The Labute approximate surface area is 297 Å². The SMILES string of the molecule is CCCCC/C=C\C/C=C\CCCCCCCCC(O)C(=O)NC(CO)C(O)C(O)CCCCCCCCCCCCCCCCCC. The van der Waals surface area contributed by atoms with E-state index in [0.717, 1.165) is 57.8 Å². The van der Waals surface area contributed by atoms with Crippen molar-refractivity contribution in [1.29, 1.82) is 0 Å². The highest BCUT2D eigenvalue weighted by molar-refractivity contribution is 5.80. The monoisotopic (exact) mass is 680 g/mol. The van der Waals surface area contributed by atoms with Gasteiger partial charge in [-0.2, -0.15) is 0 Å². The number of allylic oxidation sites excluding steroid dienone is 4. The molecule has 6 nitrogen and oxygen atoms in total. The Morgan fingerprint density at radius 1 is 0.521 bits per heavy atom. The predicted molar refractivity (Wildman–Crippen MR) is 205 cm³/mol. The Balaban J connectivity index is 3.79. The molecule has 4 unspecified atom stereocenters. The lowest BCUT2D eigenvalue weighted by atomic mass is 9.99. The van der Waals surface area contributed by atoms with Crippen molar-refractivity contribution in [2.45, 2.75) is 231 Å². The lowest BCUT2D eigenvalue weighted by Crippen LogP contribution is -2.53. The number of rotatable bonds is 37. The molecule has 0 fully saturated rings. The molecule has 48 heavy (non-hydrogen) atoms. The molecule has 5 N–H and O–H groups in total. The van der Waals surface area contributed by atoms with E-state index in [4.69, 9.17) is 0 Å². The van der Waals surface area contributed by atoms with Gasteiger partial charge in [-0.3, -0.25) is 4.79 Å². The van der Waals surface area contributed by atoms with Gasteiger partial charge in [0.1, 0.15) is 12.2 Å². The molecule has 0 aliphatic carbocycles. The molecule has 6 heteroatoms. The first kappa shape index (κ1) is 46.8. The van der Waals surface area contributed by atoms with Crippen molar-refractivity contribution in [3.63, 3.8) is 0 Å². The van der Waals surface area contributed by atoms with Crippen molar-refractivity contribution in [1.82, 2.24) is 5.32 Å². The van der Waals surface area contributed by atoms with E-state index in [1.807, 2.05) is 0 Å². The zero-order valence-electron chi connectivity index (χ0n) is 31.7. The van der Waals surface area contributed by atoms with Crippen LogP contribution in [0.5, 0.6) is 0 Å². The number of hydrogen-bond donors (Lipinski definition) is 5. The average molecular weight is 680 g/mol. The Morgan fingerprint density at radius 2 is 0.896 bits per heavy atom. The summed E-state index contributed by atoms with van der Waals surface area (Å²) in [5.41, 5.74) is 0. The zero-order valence-corrected chi connectivity index (χ0v) is 31.7. The molecule has 0 radical (unpaired) electrons. The highest BCUT2D eigenvalue weighted by atomic mass is 16.3. The van der Waals surface area contributed by atoms with E-state index >= 15 is 0 Å². The Bertz CT molecular complexity index is 727. The molecule has 0 aromatic heterocycles. The molecule has 0 aromatic carbocycles. The summed E-state index contributed by atoms with van der Waals surface area (Å²) in [6.45, 7) is 4.01. The third-order valence-electron chi connectivity index (χ3n) is 9.67. The van der Waals surface area contributed by atoms with Crippen molar-refractivity contribution in [3.8, 4) is 0 Å². The molecule has 1 amide bonds. The summed E-state index contributed by atoms with van der Waals surface area (Å²) >= 11 is 0. The van der Waals surface area contributed by atoms with Crippen LogP contribution < -0.4 is 5.32 Å². The molecule has 0 spiro atoms. The number of carbonyl (C=O) groups excluding carboxylic acids is 1. The van der Waals surface area contributed by atoms with E-state index in [1.165, 1.54) is 122 Å². The summed E-state index contributed by atoms with van der Waals surface area (Å²) in [6.07, 6.45) is 40.5. The van der Waals surface area contributed by atoms with Crippen LogP contribution in [0.2, 0.25) is 0 Å². The van der Waals surface area contributed by atoms with Crippen LogP contribution in [0.4, 0.5) is 0 Å². The van der Waals surface area contributed by atoms with Crippen molar-refractivity contribution < 1.29 is 25.2 Å². The number of nitrogens with one attached hydrogen (secondary N) is 1. The highest BCUT2D eigenvalue weighted by Gasteiger charge is 2.28. The number of carbonyl (C=O) groups is 1. The molecular formula is C42H81NO5. The molecule has 284 valence electrons. The summed E-state index contributed by atoms with van der Waals surface area (Å²) in [5, 5.41) is 43.6. The maximum absolute atomic E-state index is 12.5. The largest absolute Gasteiger partial charge is 0.394 e. The summed E-state index contributed by atoms with van der Waals surface area (Å²) in [7, 11) is 0. The van der Waals surface area contributed by atoms with E-state index in [9.17, 15) is 25.2 Å². The van der Waals surface area contributed by atoms with Crippen molar-refractivity contribution in [3.05, 3.63) is 24.3 Å². The van der Waals surface area contributed by atoms with E-state index in [2.05, 4.69) is 43.5 Å². The van der Waals surface area contributed by atoms with Gasteiger partial charge in [-0.05, 0) is 44.9 Å². The molecule has 0 aliphatic rings. The van der Waals surface area contributed by atoms with Crippen molar-refractivity contribution in [2.24, 2.45) is 0 Å². The second kappa shape index (κ2) is 37.1. The summed E-state index contributed by atoms with van der Waals surface area (Å²) in [4.78, 5) is 12.5. The van der Waals surface area contributed by atoms with Crippen LogP contribution in [0.1, 0.15) is 206 Å². The minimum Gasteiger partial charge on any atom is -0.394 e. The third kappa shape index (κ3) is 30.8. The Hall–Kier alpha value is -1.21. The summed E-state index contributed by atoms with van der Waals surface area (Å²) in [5.74, 6) is -0.592. The number of unbranched alkanes of at least 4 members (excludes halogenated alkanes) is 24. The quantitative estimate of drug-likeness (QED) is 0.0332. The van der Waals surface area contributed by atoms with E-state index in [-0.39, 0.29) is 0 Å². The topological polar surface area (TPSA) is 110 Å². The standard InChI is InChI=1S/C42H81NO5/c1-3-5-7-9-11-13-15-17-19-21-23-25-27-29-31-33-35-39(45)41(47)38(37-44)43-42(48)40(46)36-34-32-30-28-26-24-22-20-18-16-14-12-10-8-6-4-2/h12,14,18,20,38-41,44-47H,3-11,13,15-17,19,21-37H2,1-2H3,(H,43,48)/b14-12-,20-18-. The van der Waals surface area contributed by atoms with Crippen LogP contribution in [0.15, 0.2) is 24.3 Å². The molecule has 0 bridgehead atoms. The Kier molecular flexibility index (Phi) is 36.1. The fourth-order valence-corrected chi connectivity index (χ4v) is 6.32. The van der Waals surface area contributed by atoms with Crippen LogP contribution in [0.25, 0.3) is 0 Å². The molecule has 4 atom stereocenters. The van der Waals surface area contributed by atoms with Gasteiger partial charge in [0, 0.05) is 0 Å². The molecular weight excluding hydrogens is 598 g/mol. The van der Waals surface area contributed by atoms with Crippen LogP contribution in [0, 0.1) is 0 Å². The maximum Gasteiger partial charge on any atom is 0.249 e. The number of aliphatic hydroxyl groups excluding tert-OH is 4. The zero-order chi connectivity index (χ0) is 35.3. The summed E-state index contributed by atoms with van der Waals surface area (Å²) < 4.78 is 0. The van der Waals surface area contributed by atoms with Gasteiger partial charge in [0.2, 0.25) is 5.91 Å². The molecule has 0 saturated heterocycles. The summed E-state index contributed by atoms with van der Waals surface area (Å²) in [6, 6.07) is -0.987. The maximum atomic E-state index is 12.5. The molecule has 0 aliphatic heterocycles. The van der Waals surface area contributed by atoms with Gasteiger partial charge in [0.05, 0.1) is 18.8 Å². The van der Waals surface area contributed by atoms with Crippen molar-refractivity contribution in [2.75, 3.05) is 6.61 Å². The van der Waals surface area contributed by atoms with Gasteiger partial charge in [-0.25, -0.2) is 0 Å². The molecule has 0 heterocycles. The fourth-order valence-electron chi connectivity index (χ4n) is 6.32.